The van der Waals surface area contributed by atoms with Gasteiger partial charge in [0.2, 0.25) is 0 Å². The molecule has 110 valence electrons. The molecular formula is C13H14N4O3S. The average molecular weight is 306 g/mol. The monoisotopic (exact) mass is 306 g/mol. The van der Waals surface area contributed by atoms with E-state index >= 15 is 0 Å². The summed E-state index contributed by atoms with van der Waals surface area (Å²) in [5.41, 5.74) is 0.103. The van der Waals surface area contributed by atoms with Crippen LogP contribution in [-0.2, 0) is 0 Å². The first-order valence-corrected chi connectivity index (χ1v) is 7.48. The topological polar surface area (TPSA) is 88.4 Å². The highest BCUT2D eigenvalue weighted by molar-refractivity contribution is 7.13. The third-order valence-corrected chi connectivity index (χ3v) is 4.14. The SMILES string of the molecule is O=C(O)c1csc(N2CCC(Oc3ncccn3)CC2)n1. The summed E-state index contributed by atoms with van der Waals surface area (Å²) in [4.78, 5) is 25.2. The molecule has 2 aromatic rings. The first-order valence-electron chi connectivity index (χ1n) is 6.60. The van der Waals surface area contributed by atoms with Crippen LogP contribution in [0, 0.1) is 0 Å². The normalized spacial score (nSPS) is 15.9. The van der Waals surface area contributed by atoms with E-state index in [1.807, 2.05) is 0 Å². The lowest BCUT2D eigenvalue weighted by Crippen LogP contribution is -2.38. The van der Waals surface area contributed by atoms with E-state index in [-0.39, 0.29) is 11.8 Å². The number of hydrogen-bond donors (Lipinski definition) is 1. The van der Waals surface area contributed by atoms with Gasteiger partial charge < -0.3 is 14.7 Å². The molecule has 1 saturated heterocycles. The van der Waals surface area contributed by atoms with E-state index < -0.39 is 5.97 Å². The van der Waals surface area contributed by atoms with E-state index in [2.05, 4.69) is 19.9 Å². The van der Waals surface area contributed by atoms with Crippen LogP contribution >= 0.6 is 11.3 Å². The molecule has 0 saturated carbocycles. The molecule has 21 heavy (non-hydrogen) atoms. The molecule has 2 aromatic heterocycles. The summed E-state index contributed by atoms with van der Waals surface area (Å²) >= 11 is 1.36. The van der Waals surface area contributed by atoms with Crippen LogP contribution in [0.1, 0.15) is 23.3 Å². The van der Waals surface area contributed by atoms with Crippen molar-refractivity contribution in [3.8, 4) is 6.01 Å². The van der Waals surface area contributed by atoms with Crippen molar-refractivity contribution in [3.63, 3.8) is 0 Å². The highest BCUT2D eigenvalue weighted by atomic mass is 32.1. The van der Waals surface area contributed by atoms with Gasteiger partial charge in [0.05, 0.1) is 0 Å². The van der Waals surface area contributed by atoms with Crippen LogP contribution in [0.5, 0.6) is 6.01 Å². The summed E-state index contributed by atoms with van der Waals surface area (Å²) in [6, 6.07) is 2.15. The summed E-state index contributed by atoms with van der Waals surface area (Å²) < 4.78 is 5.72. The van der Waals surface area contributed by atoms with Gasteiger partial charge in [-0.3, -0.25) is 0 Å². The quantitative estimate of drug-likeness (QED) is 0.919. The first kappa shape index (κ1) is 13.7. The van der Waals surface area contributed by atoms with Gasteiger partial charge >= 0.3 is 12.0 Å². The number of anilines is 1. The number of carboxylic acids is 1. The van der Waals surface area contributed by atoms with Crippen molar-refractivity contribution >= 4 is 22.4 Å². The summed E-state index contributed by atoms with van der Waals surface area (Å²) in [5, 5.41) is 11.2. The zero-order chi connectivity index (χ0) is 14.7. The Hall–Kier alpha value is -2.22. The lowest BCUT2D eigenvalue weighted by molar-refractivity contribution is 0.0691. The molecule has 3 rings (SSSR count). The summed E-state index contributed by atoms with van der Waals surface area (Å²) in [5.74, 6) is -0.989. The number of hydrogen-bond acceptors (Lipinski definition) is 7. The van der Waals surface area contributed by atoms with E-state index in [1.54, 1.807) is 23.8 Å². The summed E-state index contributed by atoms with van der Waals surface area (Å²) in [6.45, 7) is 1.56. The molecule has 3 heterocycles. The Morgan fingerprint density at radius 1 is 1.33 bits per heavy atom. The number of ether oxygens (including phenoxy) is 1. The Kier molecular flexibility index (Phi) is 3.96. The molecule has 0 amide bonds. The van der Waals surface area contributed by atoms with Crippen LogP contribution in [0.2, 0.25) is 0 Å². The molecule has 0 spiro atoms. The molecule has 1 N–H and O–H groups in total. The van der Waals surface area contributed by atoms with Crippen molar-refractivity contribution in [2.24, 2.45) is 0 Å². The fraction of sp³-hybridized carbons (Fsp3) is 0.385. The maximum absolute atomic E-state index is 10.8. The molecule has 7 nitrogen and oxygen atoms in total. The zero-order valence-corrected chi connectivity index (χ0v) is 12.0. The maximum Gasteiger partial charge on any atom is 0.355 e. The van der Waals surface area contributed by atoms with Gasteiger partial charge in [-0.05, 0) is 6.07 Å². The molecule has 0 unspecified atom stereocenters. The number of aromatic carboxylic acids is 1. The molecule has 1 aliphatic heterocycles. The molecule has 1 fully saturated rings. The second-order valence-corrected chi connectivity index (χ2v) is 5.49. The highest BCUT2D eigenvalue weighted by Gasteiger charge is 2.23. The molecule has 8 heteroatoms. The van der Waals surface area contributed by atoms with E-state index in [1.165, 1.54) is 11.3 Å². The summed E-state index contributed by atoms with van der Waals surface area (Å²) in [7, 11) is 0. The predicted molar refractivity (Wildman–Crippen MR) is 77.0 cm³/mol. The Morgan fingerprint density at radius 3 is 2.67 bits per heavy atom. The lowest BCUT2D eigenvalue weighted by Gasteiger charge is -2.31. The Balaban J connectivity index is 1.56. The van der Waals surface area contributed by atoms with Crippen LogP contribution in [0.4, 0.5) is 5.13 Å². The van der Waals surface area contributed by atoms with Crippen molar-refractivity contribution in [1.29, 1.82) is 0 Å². The predicted octanol–water partition coefficient (Wildman–Crippen LogP) is 1.68. The first-order chi connectivity index (χ1) is 10.2. The molecular weight excluding hydrogens is 292 g/mol. The number of carboxylic acid groups (broad SMARTS) is 1. The fourth-order valence-corrected chi connectivity index (χ4v) is 3.02. The third kappa shape index (κ3) is 3.27. The molecule has 0 radical (unpaired) electrons. The van der Waals surface area contributed by atoms with Crippen molar-refractivity contribution in [1.82, 2.24) is 15.0 Å². The van der Waals surface area contributed by atoms with E-state index in [4.69, 9.17) is 9.84 Å². The Bertz CT molecular complexity index is 611. The highest BCUT2D eigenvalue weighted by Crippen LogP contribution is 2.25. The van der Waals surface area contributed by atoms with E-state index in [0.717, 1.165) is 31.1 Å². The number of rotatable bonds is 4. The minimum atomic E-state index is -0.989. The number of aromatic nitrogens is 3. The third-order valence-electron chi connectivity index (χ3n) is 3.24. The van der Waals surface area contributed by atoms with Crippen LogP contribution < -0.4 is 9.64 Å². The van der Waals surface area contributed by atoms with Gasteiger partial charge in [0.1, 0.15) is 6.10 Å². The minimum absolute atomic E-state index is 0.0857. The van der Waals surface area contributed by atoms with Gasteiger partial charge in [0, 0.05) is 43.7 Å². The van der Waals surface area contributed by atoms with Gasteiger partial charge in [-0.2, -0.15) is 0 Å². The Morgan fingerprint density at radius 2 is 2.05 bits per heavy atom. The van der Waals surface area contributed by atoms with Crippen molar-refractivity contribution in [2.75, 3.05) is 18.0 Å². The fourth-order valence-electron chi connectivity index (χ4n) is 2.17. The van der Waals surface area contributed by atoms with Crippen LogP contribution in [0.25, 0.3) is 0 Å². The lowest BCUT2D eigenvalue weighted by atomic mass is 10.1. The second-order valence-electron chi connectivity index (χ2n) is 4.66. The van der Waals surface area contributed by atoms with Crippen LogP contribution in [-0.4, -0.2) is 45.2 Å². The van der Waals surface area contributed by atoms with Gasteiger partial charge in [0.25, 0.3) is 0 Å². The second kappa shape index (κ2) is 6.04. The number of carbonyl (C=O) groups is 1. The molecule has 0 bridgehead atoms. The van der Waals surface area contributed by atoms with E-state index in [9.17, 15) is 4.79 Å². The van der Waals surface area contributed by atoms with Crippen LogP contribution in [0.3, 0.4) is 0 Å². The minimum Gasteiger partial charge on any atom is -0.476 e. The largest absolute Gasteiger partial charge is 0.476 e. The number of nitrogens with zero attached hydrogens (tertiary/aromatic N) is 4. The van der Waals surface area contributed by atoms with Gasteiger partial charge in [-0.15, -0.1) is 11.3 Å². The summed E-state index contributed by atoms with van der Waals surface area (Å²) in [6.07, 6.45) is 5.06. The Labute approximate surface area is 125 Å². The smallest absolute Gasteiger partial charge is 0.355 e. The van der Waals surface area contributed by atoms with Crippen molar-refractivity contribution < 1.29 is 14.6 Å². The van der Waals surface area contributed by atoms with Crippen molar-refractivity contribution in [2.45, 2.75) is 18.9 Å². The zero-order valence-electron chi connectivity index (χ0n) is 11.2. The van der Waals surface area contributed by atoms with Gasteiger partial charge in [0.15, 0.2) is 10.8 Å². The molecule has 0 aromatic carbocycles. The number of piperidine rings is 1. The number of thiazole rings is 1. The van der Waals surface area contributed by atoms with Crippen LogP contribution in [0.15, 0.2) is 23.8 Å². The standard InChI is InChI=1S/C13H14N4O3S/c18-11(19)10-8-21-13(16-10)17-6-2-9(3-7-17)20-12-14-4-1-5-15-12/h1,4-5,8-9H,2-3,6-7H2,(H,18,19). The molecule has 0 atom stereocenters. The molecule has 0 aliphatic carbocycles. The maximum atomic E-state index is 10.8. The average Bonchev–Trinajstić information content (AvgIpc) is 2.99. The van der Waals surface area contributed by atoms with Crippen molar-refractivity contribution in [3.05, 3.63) is 29.5 Å². The van der Waals surface area contributed by atoms with Gasteiger partial charge in [-0.25, -0.2) is 19.7 Å². The van der Waals surface area contributed by atoms with Gasteiger partial charge in [-0.1, -0.05) is 0 Å². The molecule has 1 aliphatic rings. The van der Waals surface area contributed by atoms with E-state index in [0.29, 0.717) is 6.01 Å².